The van der Waals surface area contributed by atoms with Crippen LogP contribution < -0.4 is 5.32 Å². The molecule has 1 amide bonds. The Morgan fingerprint density at radius 1 is 1.00 bits per heavy atom. The highest BCUT2D eigenvalue weighted by atomic mass is 16.6. The summed E-state index contributed by atoms with van der Waals surface area (Å²) in [5.41, 5.74) is -0.156. The Morgan fingerprint density at radius 2 is 1.62 bits per heavy atom. The summed E-state index contributed by atoms with van der Waals surface area (Å²) in [6.45, 7) is 16.6. The topological polar surface area (TPSA) is 54.0 Å². The molecule has 0 unspecified atom stereocenters. The molecule has 1 N–H and O–H groups in total. The molecule has 2 saturated heterocycles. The molecule has 0 aromatic heterocycles. The van der Waals surface area contributed by atoms with Crippen LogP contribution in [0.1, 0.15) is 73.1 Å². The van der Waals surface area contributed by atoms with Crippen LogP contribution in [-0.4, -0.2) is 78.5 Å². The predicted molar refractivity (Wildman–Crippen MR) is 116 cm³/mol. The summed E-state index contributed by atoms with van der Waals surface area (Å²) in [5.74, 6) is 0.807. The minimum Gasteiger partial charge on any atom is -0.444 e. The van der Waals surface area contributed by atoms with Crippen molar-refractivity contribution in [3.05, 3.63) is 0 Å². The molecule has 0 radical (unpaired) electrons. The summed E-state index contributed by atoms with van der Waals surface area (Å²) >= 11 is 0. The van der Waals surface area contributed by atoms with Gasteiger partial charge in [-0.05, 0) is 79.1 Å². The Hall–Kier alpha value is -0.850. The monoisotopic (exact) mass is 409 g/mol. The van der Waals surface area contributed by atoms with Gasteiger partial charge in [0.15, 0.2) is 0 Å². The van der Waals surface area contributed by atoms with Crippen molar-refractivity contribution in [3.63, 3.8) is 0 Å². The number of ether oxygens (including phenoxy) is 2. The second-order valence-electron chi connectivity index (χ2n) is 10.9. The maximum absolute atomic E-state index is 12.2. The van der Waals surface area contributed by atoms with Crippen LogP contribution in [0, 0.1) is 5.92 Å². The molecular formula is C23H43N3O3. The van der Waals surface area contributed by atoms with E-state index < -0.39 is 5.60 Å². The lowest BCUT2D eigenvalue weighted by molar-refractivity contribution is -0.0652. The molecule has 29 heavy (non-hydrogen) atoms. The molecule has 3 fully saturated rings. The van der Waals surface area contributed by atoms with Crippen molar-refractivity contribution in [1.82, 2.24) is 15.1 Å². The largest absolute Gasteiger partial charge is 0.444 e. The fourth-order valence-electron chi connectivity index (χ4n) is 4.90. The molecule has 0 aromatic carbocycles. The highest BCUT2D eigenvalue weighted by Crippen LogP contribution is 2.31. The summed E-state index contributed by atoms with van der Waals surface area (Å²) in [4.78, 5) is 16.7. The van der Waals surface area contributed by atoms with Crippen LogP contribution >= 0.6 is 0 Å². The van der Waals surface area contributed by atoms with Crippen molar-refractivity contribution in [2.45, 2.75) is 96.5 Å². The SMILES string of the molecule is CC(C)(C)OC(=O)N1CCC(O[C@H]2CC[C@H](CN3CCNCC3(C)C)CC2)CC1. The molecule has 0 spiro atoms. The lowest BCUT2D eigenvalue weighted by atomic mass is 9.85. The van der Waals surface area contributed by atoms with E-state index in [1.807, 2.05) is 25.7 Å². The van der Waals surface area contributed by atoms with Gasteiger partial charge in [0, 0.05) is 44.8 Å². The normalized spacial score (nSPS) is 29.6. The predicted octanol–water partition coefficient (Wildman–Crippen LogP) is 3.65. The third kappa shape index (κ3) is 6.83. The van der Waals surface area contributed by atoms with Crippen molar-refractivity contribution in [1.29, 1.82) is 0 Å². The lowest BCUT2D eigenvalue weighted by Crippen LogP contribution is -2.59. The number of rotatable bonds is 4. The van der Waals surface area contributed by atoms with E-state index in [2.05, 4.69) is 24.1 Å². The van der Waals surface area contributed by atoms with Gasteiger partial charge in [-0.2, -0.15) is 0 Å². The Morgan fingerprint density at radius 3 is 2.21 bits per heavy atom. The van der Waals surface area contributed by atoms with Crippen LogP contribution in [0.15, 0.2) is 0 Å². The first-order chi connectivity index (χ1) is 13.6. The average Bonchev–Trinajstić information content (AvgIpc) is 2.64. The number of likely N-dealkylation sites (tertiary alicyclic amines) is 1. The zero-order valence-corrected chi connectivity index (χ0v) is 19.3. The van der Waals surface area contributed by atoms with Gasteiger partial charge in [0.25, 0.3) is 0 Å². The minimum atomic E-state index is -0.428. The number of amides is 1. The van der Waals surface area contributed by atoms with Crippen LogP contribution in [0.3, 0.4) is 0 Å². The molecule has 6 nitrogen and oxygen atoms in total. The van der Waals surface area contributed by atoms with Gasteiger partial charge in [-0.15, -0.1) is 0 Å². The summed E-state index contributed by atoms with van der Waals surface area (Å²) in [5, 5.41) is 3.52. The first kappa shape index (κ1) is 22.8. The van der Waals surface area contributed by atoms with Crippen molar-refractivity contribution < 1.29 is 14.3 Å². The molecule has 2 aliphatic heterocycles. The van der Waals surface area contributed by atoms with Crippen LogP contribution in [0.5, 0.6) is 0 Å². The Kier molecular flexibility index (Phi) is 7.50. The molecule has 1 aliphatic carbocycles. The van der Waals surface area contributed by atoms with Crippen LogP contribution in [0.2, 0.25) is 0 Å². The summed E-state index contributed by atoms with van der Waals surface area (Å²) in [6.07, 6.45) is 7.29. The number of hydrogen-bond donors (Lipinski definition) is 1. The summed E-state index contributed by atoms with van der Waals surface area (Å²) in [7, 11) is 0. The van der Waals surface area contributed by atoms with Crippen LogP contribution in [0.25, 0.3) is 0 Å². The highest BCUT2D eigenvalue weighted by molar-refractivity contribution is 5.68. The van der Waals surface area contributed by atoms with E-state index in [0.29, 0.717) is 12.2 Å². The lowest BCUT2D eigenvalue weighted by Gasteiger charge is -2.45. The number of hydrogen-bond acceptors (Lipinski definition) is 5. The second-order valence-corrected chi connectivity index (χ2v) is 10.9. The minimum absolute atomic E-state index is 0.188. The van der Waals surface area contributed by atoms with E-state index in [1.54, 1.807) is 0 Å². The third-order valence-electron chi connectivity index (χ3n) is 6.72. The van der Waals surface area contributed by atoms with Crippen molar-refractivity contribution in [2.75, 3.05) is 39.3 Å². The molecule has 6 heteroatoms. The van der Waals surface area contributed by atoms with Gasteiger partial charge in [-0.1, -0.05) is 0 Å². The number of carbonyl (C=O) groups is 1. The van der Waals surface area contributed by atoms with E-state index in [-0.39, 0.29) is 11.6 Å². The molecule has 1 saturated carbocycles. The first-order valence-electron chi connectivity index (χ1n) is 11.7. The van der Waals surface area contributed by atoms with E-state index >= 15 is 0 Å². The molecule has 0 atom stereocenters. The van der Waals surface area contributed by atoms with Crippen molar-refractivity contribution >= 4 is 6.09 Å². The smallest absolute Gasteiger partial charge is 0.410 e. The third-order valence-corrected chi connectivity index (χ3v) is 6.72. The second kappa shape index (κ2) is 9.52. The number of carbonyl (C=O) groups excluding carboxylic acids is 1. The Balaban J connectivity index is 1.35. The van der Waals surface area contributed by atoms with E-state index in [9.17, 15) is 4.79 Å². The van der Waals surface area contributed by atoms with Crippen LogP contribution in [0.4, 0.5) is 4.79 Å². The first-order valence-corrected chi connectivity index (χ1v) is 11.7. The van der Waals surface area contributed by atoms with Gasteiger partial charge < -0.3 is 19.7 Å². The van der Waals surface area contributed by atoms with Crippen molar-refractivity contribution in [2.24, 2.45) is 5.92 Å². The summed E-state index contributed by atoms with van der Waals surface area (Å²) in [6, 6.07) is 0. The Bertz CT molecular complexity index is 530. The molecule has 168 valence electrons. The number of nitrogens with one attached hydrogen (secondary N) is 1. The number of nitrogens with zero attached hydrogens (tertiary/aromatic N) is 2. The fourth-order valence-corrected chi connectivity index (χ4v) is 4.90. The molecule has 3 aliphatic rings. The van der Waals surface area contributed by atoms with Gasteiger partial charge in [-0.25, -0.2) is 4.79 Å². The summed E-state index contributed by atoms with van der Waals surface area (Å²) < 4.78 is 11.9. The standard InChI is InChI=1S/C23H43N3O3/c1-22(2,3)29-21(27)25-13-10-20(11-14-25)28-19-8-6-18(7-9-19)16-26-15-12-24-17-23(26,4)5/h18-20,24H,6-17H2,1-5H3/t18-,19-. The number of piperazine rings is 1. The average molecular weight is 410 g/mol. The number of piperidine rings is 1. The van der Waals surface area contributed by atoms with Crippen molar-refractivity contribution in [3.8, 4) is 0 Å². The molecule has 0 aromatic rings. The van der Waals surface area contributed by atoms with Gasteiger partial charge in [0.05, 0.1) is 12.2 Å². The highest BCUT2D eigenvalue weighted by Gasteiger charge is 2.34. The molecule has 2 heterocycles. The molecule has 3 rings (SSSR count). The molecular weight excluding hydrogens is 366 g/mol. The fraction of sp³-hybridized carbons (Fsp3) is 0.957. The van der Waals surface area contributed by atoms with E-state index in [0.717, 1.165) is 44.9 Å². The Labute approximate surface area is 177 Å². The van der Waals surface area contributed by atoms with Gasteiger partial charge >= 0.3 is 6.09 Å². The van der Waals surface area contributed by atoms with E-state index in [4.69, 9.17) is 9.47 Å². The zero-order valence-electron chi connectivity index (χ0n) is 19.3. The maximum Gasteiger partial charge on any atom is 0.410 e. The van der Waals surface area contributed by atoms with Gasteiger partial charge in [0.1, 0.15) is 5.60 Å². The molecule has 0 bridgehead atoms. The maximum atomic E-state index is 12.2. The zero-order chi connectivity index (χ0) is 21.1. The van der Waals surface area contributed by atoms with Gasteiger partial charge in [0.2, 0.25) is 0 Å². The van der Waals surface area contributed by atoms with E-state index in [1.165, 1.54) is 38.8 Å². The van der Waals surface area contributed by atoms with Crippen LogP contribution in [-0.2, 0) is 9.47 Å². The van der Waals surface area contributed by atoms with Gasteiger partial charge in [-0.3, -0.25) is 4.90 Å². The quantitative estimate of drug-likeness (QED) is 0.768.